The number of pyridine rings is 1. The lowest BCUT2D eigenvalue weighted by Crippen LogP contribution is -2.33. The average molecular weight is 314 g/mol. The third kappa shape index (κ3) is 4.16. The van der Waals surface area contributed by atoms with Crippen LogP contribution in [-0.4, -0.2) is 37.3 Å². The highest BCUT2D eigenvalue weighted by molar-refractivity contribution is 5.66. The van der Waals surface area contributed by atoms with Crippen LogP contribution in [0.25, 0.3) is 0 Å². The summed E-state index contributed by atoms with van der Waals surface area (Å²) in [5.41, 5.74) is 2.25. The first-order valence-electron chi connectivity index (χ1n) is 8.10. The van der Waals surface area contributed by atoms with Crippen LogP contribution in [-0.2, 0) is 17.9 Å². The van der Waals surface area contributed by atoms with Crippen LogP contribution in [0.4, 0.5) is 0 Å². The van der Waals surface area contributed by atoms with Crippen molar-refractivity contribution in [1.29, 1.82) is 0 Å². The summed E-state index contributed by atoms with van der Waals surface area (Å²) >= 11 is 0. The van der Waals surface area contributed by atoms with E-state index in [1.807, 2.05) is 30.7 Å². The molecule has 0 aromatic carbocycles. The van der Waals surface area contributed by atoms with E-state index in [4.69, 9.17) is 5.11 Å². The lowest BCUT2D eigenvalue weighted by Gasteiger charge is -2.35. The Kier molecular flexibility index (Phi) is 5.02. The van der Waals surface area contributed by atoms with Crippen molar-refractivity contribution in [3.63, 3.8) is 0 Å². The van der Waals surface area contributed by atoms with Crippen LogP contribution in [0.2, 0.25) is 0 Å². The van der Waals surface area contributed by atoms with E-state index in [0.29, 0.717) is 12.6 Å². The first kappa shape index (κ1) is 15.7. The lowest BCUT2D eigenvalue weighted by atomic mass is 9.98. The van der Waals surface area contributed by atoms with Gasteiger partial charge in [0, 0.05) is 24.5 Å². The van der Waals surface area contributed by atoms with E-state index in [0.717, 1.165) is 30.8 Å². The number of rotatable bonds is 6. The summed E-state index contributed by atoms with van der Waals surface area (Å²) in [7, 11) is 0. The van der Waals surface area contributed by atoms with Gasteiger partial charge in [-0.2, -0.15) is 5.10 Å². The average Bonchev–Trinajstić information content (AvgIpc) is 3.02. The molecule has 0 spiro atoms. The fourth-order valence-corrected chi connectivity index (χ4v) is 3.14. The molecule has 1 N–H and O–H groups in total. The Bertz CT molecular complexity index is 641. The van der Waals surface area contributed by atoms with Crippen molar-refractivity contribution >= 4 is 5.97 Å². The molecule has 1 aliphatic heterocycles. The van der Waals surface area contributed by atoms with Crippen molar-refractivity contribution in [2.24, 2.45) is 0 Å². The Balaban J connectivity index is 1.66. The van der Waals surface area contributed by atoms with Crippen molar-refractivity contribution in [1.82, 2.24) is 19.7 Å². The van der Waals surface area contributed by atoms with Crippen LogP contribution in [0.15, 0.2) is 36.8 Å². The zero-order chi connectivity index (χ0) is 16.1. The maximum absolute atomic E-state index is 10.6. The Morgan fingerprint density at radius 1 is 1.35 bits per heavy atom. The second-order valence-corrected chi connectivity index (χ2v) is 5.99. The van der Waals surface area contributed by atoms with Crippen LogP contribution < -0.4 is 0 Å². The summed E-state index contributed by atoms with van der Waals surface area (Å²) in [6.07, 6.45) is 9.31. The Labute approximate surface area is 135 Å². The first-order chi connectivity index (χ1) is 11.2. The Morgan fingerprint density at radius 2 is 2.26 bits per heavy atom. The quantitative estimate of drug-likeness (QED) is 0.887. The SMILES string of the molecule is O=C(O)CCn1cc(CN2CCCCC2c2ccccn2)cn1. The minimum absolute atomic E-state index is 0.0986. The minimum Gasteiger partial charge on any atom is -0.481 e. The Hall–Kier alpha value is -2.21. The number of nitrogens with zero attached hydrogens (tertiary/aromatic N) is 4. The number of likely N-dealkylation sites (tertiary alicyclic amines) is 1. The van der Waals surface area contributed by atoms with Gasteiger partial charge in [-0.3, -0.25) is 19.4 Å². The second-order valence-electron chi connectivity index (χ2n) is 5.99. The molecule has 2 aromatic heterocycles. The molecule has 0 radical (unpaired) electrons. The number of hydrogen-bond donors (Lipinski definition) is 1. The van der Waals surface area contributed by atoms with Crippen LogP contribution in [0.1, 0.15) is 43.0 Å². The summed E-state index contributed by atoms with van der Waals surface area (Å²) < 4.78 is 1.71. The number of carboxylic acids is 1. The highest BCUT2D eigenvalue weighted by atomic mass is 16.4. The number of aliphatic carboxylic acids is 1. The summed E-state index contributed by atoms with van der Waals surface area (Å²) in [6.45, 7) is 2.30. The molecule has 1 fully saturated rings. The molecular formula is C17H22N4O2. The van der Waals surface area contributed by atoms with E-state index in [9.17, 15) is 4.79 Å². The molecule has 0 aliphatic carbocycles. The lowest BCUT2D eigenvalue weighted by molar-refractivity contribution is -0.137. The van der Waals surface area contributed by atoms with Crippen molar-refractivity contribution in [2.75, 3.05) is 6.54 Å². The fraction of sp³-hybridized carbons (Fsp3) is 0.471. The third-order valence-corrected chi connectivity index (χ3v) is 4.27. The van der Waals surface area contributed by atoms with E-state index in [1.165, 1.54) is 12.8 Å². The van der Waals surface area contributed by atoms with Gasteiger partial charge in [0.2, 0.25) is 0 Å². The van der Waals surface area contributed by atoms with Gasteiger partial charge < -0.3 is 5.11 Å². The van der Waals surface area contributed by atoms with Crippen molar-refractivity contribution < 1.29 is 9.90 Å². The molecule has 1 atom stereocenters. The highest BCUT2D eigenvalue weighted by Gasteiger charge is 2.25. The van der Waals surface area contributed by atoms with E-state index in [-0.39, 0.29) is 6.42 Å². The Morgan fingerprint density at radius 3 is 3.04 bits per heavy atom. The van der Waals surface area contributed by atoms with Gasteiger partial charge in [0.1, 0.15) is 0 Å². The van der Waals surface area contributed by atoms with Gasteiger partial charge >= 0.3 is 5.97 Å². The summed E-state index contributed by atoms with van der Waals surface area (Å²) in [6, 6.07) is 6.44. The molecule has 6 nitrogen and oxygen atoms in total. The smallest absolute Gasteiger partial charge is 0.305 e. The standard InChI is InChI=1S/C17H22N4O2/c22-17(23)7-10-21-13-14(11-19-21)12-20-9-4-2-6-16(20)15-5-1-3-8-18-15/h1,3,5,8,11,13,16H,2,4,6-7,9-10,12H2,(H,22,23). The third-order valence-electron chi connectivity index (χ3n) is 4.27. The zero-order valence-corrected chi connectivity index (χ0v) is 13.1. The molecule has 0 saturated carbocycles. The number of carboxylic acid groups (broad SMARTS) is 1. The number of piperidine rings is 1. The van der Waals surface area contributed by atoms with Gasteiger partial charge in [-0.05, 0) is 31.5 Å². The normalized spacial score (nSPS) is 18.9. The molecule has 1 aliphatic rings. The number of hydrogen-bond acceptors (Lipinski definition) is 4. The second kappa shape index (κ2) is 7.37. The maximum atomic E-state index is 10.6. The van der Waals surface area contributed by atoms with Gasteiger partial charge in [-0.15, -0.1) is 0 Å². The molecule has 0 amide bonds. The molecule has 6 heteroatoms. The zero-order valence-electron chi connectivity index (χ0n) is 13.1. The van der Waals surface area contributed by atoms with Gasteiger partial charge in [0.15, 0.2) is 0 Å². The maximum Gasteiger partial charge on any atom is 0.305 e. The van der Waals surface area contributed by atoms with Crippen molar-refractivity contribution in [3.8, 4) is 0 Å². The van der Waals surface area contributed by atoms with Crippen LogP contribution in [0.3, 0.4) is 0 Å². The van der Waals surface area contributed by atoms with E-state index in [2.05, 4.69) is 21.0 Å². The largest absolute Gasteiger partial charge is 0.481 e. The highest BCUT2D eigenvalue weighted by Crippen LogP contribution is 2.30. The summed E-state index contributed by atoms with van der Waals surface area (Å²) in [5.74, 6) is -0.798. The number of aryl methyl sites for hydroxylation is 1. The fourth-order valence-electron chi connectivity index (χ4n) is 3.14. The van der Waals surface area contributed by atoms with Gasteiger partial charge in [-0.1, -0.05) is 12.5 Å². The predicted molar refractivity (Wildman–Crippen MR) is 85.7 cm³/mol. The first-order valence-corrected chi connectivity index (χ1v) is 8.10. The molecule has 2 aromatic rings. The molecule has 1 saturated heterocycles. The number of carbonyl (C=O) groups is 1. The summed E-state index contributed by atoms with van der Waals surface area (Å²) in [5, 5.41) is 13.0. The van der Waals surface area contributed by atoms with E-state index >= 15 is 0 Å². The monoisotopic (exact) mass is 314 g/mol. The van der Waals surface area contributed by atoms with Crippen molar-refractivity contribution in [3.05, 3.63) is 48.0 Å². The van der Waals surface area contributed by atoms with E-state index in [1.54, 1.807) is 4.68 Å². The number of aromatic nitrogens is 3. The summed E-state index contributed by atoms with van der Waals surface area (Å²) in [4.78, 5) is 17.6. The molecule has 122 valence electrons. The molecule has 1 unspecified atom stereocenters. The predicted octanol–water partition coefficient (Wildman–Crippen LogP) is 2.48. The van der Waals surface area contributed by atoms with Crippen LogP contribution in [0, 0.1) is 0 Å². The van der Waals surface area contributed by atoms with Gasteiger partial charge in [-0.25, -0.2) is 0 Å². The molecule has 3 heterocycles. The molecule has 3 rings (SSSR count). The van der Waals surface area contributed by atoms with Crippen LogP contribution >= 0.6 is 0 Å². The van der Waals surface area contributed by atoms with E-state index < -0.39 is 5.97 Å². The minimum atomic E-state index is -0.798. The molecule has 23 heavy (non-hydrogen) atoms. The van der Waals surface area contributed by atoms with Gasteiger partial charge in [0.05, 0.1) is 30.9 Å². The van der Waals surface area contributed by atoms with Crippen molar-refractivity contribution in [2.45, 2.75) is 44.8 Å². The molecular weight excluding hydrogens is 292 g/mol. The topological polar surface area (TPSA) is 71.2 Å². The van der Waals surface area contributed by atoms with Gasteiger partial charge in [0.25, 0.3) is 0 Å². The van der Waals surface area contributed by atoms with Crippen LogP contribution in [0.5, 0.6) is 0 Å². The molecule has 0 bridgehead atoms.